The van der Waals surface area contributed by atoms with Gasteiger partial charge in [0.1, 0.15) is 5.70 Å². The summed E-state index contributed by atoms with van der Waals surface area (Å²) in [6.07, 6.45) is 4.29. The number of nitrogens with one attached hydrogen (secondary N) is 2. The average molecular weight is 494 g/mol. The predicted molar refractivity (Wildman–Crippen MR) is 133 cm³/mol. The van der Waals surface area contributed by atoms with Crippen molar-refractivity contribution in [3.8, 4) is 0 Å². The van der Waals surface area contributed by atoms with Crippen molar-refractivity contribution in [1.29, 1.82) is 0 Å². The number of benzene rings is 1. The van der Waals surface area contributed by atoms with Gasteiger partial charge >= 0.3 is 5.97 Å². The lowest BCUT2D eigenvalue weighted by Gasteiger charge is -2.46. The van der Waals surface area contributed by atoms with Crippen molar-refractivity contribution in [2.75, 3.05) is 20.1 Å². The molecule has 4 N–H and O–H groups in total. The van der Waals surface area contributed by atoms with Gasteiger partial charge in [0.25, 0.3) is 0 Å². The van der Waals surface area contributed by atoms with E-state index in [4.69, 9.17) is 0 Å². The number of nitrogens with zero attached hydrogens (tertiary/aromatic N) is 1. The van der Waals surface area contributed by atoms with Crippen molar-refractivity contribution in [2.24, 2.45) is 11.8 Å². The van der Waals surface area contributed by atoms with Crippen LogP contribution in [-0.4, -0.2) is 64.5 Å². The molecule has 0 radical (unpaired) electrons. The van der Waals surface area contributed by atoms with Crippen LogP contribution in [0.2, 0.25) is 0 Å². The summed E-state index contributed by atoms with van der Waals surface area (Å²) in [6, 6.07) is 8.46. The number of aliphatic carboxylic acids is 1. The zero-order valence-electron chi connectivity index (χ0n) is 19.0. The quantitative estimate of drug-likeness (QED) is 0.413. The number of carboxylic acids is 1. The minimum absolute atomic E-state index is 0. The van der Waals surface area contributed by atoms with Crippen molar-refractivity contribution in [3.63, 3.8) is 0 Å². The summed E-state index contributed by atoms with van der Waals surface area (Å²) in [7, 11) is 1.92. The largest absolute Gasteiger partial charge is 0.477 e. The number of likely N-dealkylation sites (N-methyl/N-ethyl adjacent to an activating group) is 1. The van der Waals surface area contributed by atoms with E-state index in [0.717, 1.165) is 30.0 Å². The molecule has 4 rings (SSSR count). The lowest BCUT2D eigenvalue weighted by molar-refractivity contribution is -0.163. The molecule has 0 aromatic heterocycles. The standard InChI is InChI=1S/C24H31N3O4S.ClH/c1-13-20-19(14(2)28)23(29)27(20)21(24(30)31)22(13)32-17-11-18(26-12-17)16-8-6-15(7-9-16)5-4-10-25-3;/h4-9,13-14,17-20,25-26,28H,10-12H2,1-3H3,(H,30,31);1H/b5-4+;/t13-,14-,17+,18-,19-,20-;/m1./s1. The number of halogens is 1. The number of thioether (sulfide) groups is 1. The molecule has 0 unspecified atom stereocenters. The van der Waals surface area contributed by atoms with Gasteiger partial charge in [0, 0.05) is 35.2 Å². The van der Waals surface area contributed by atoms with E-state index in [1.807, 2.05) is 14.0 Å². The molecule has 3 aliphatic heterocycles. The summed E-state index contributed by atoms with van der Waals surface area (Å²) in [5.41, 5.74) is 2.49. The number of aliphatic hydroxyl groups is 1. The van der Waals surface area contributed by atoms with Crippen molar-refractivity contribution in [3.05, 3.63) is 52.1 Å². The highest BCUT2D eigenvalue weighted by Crippen LogP contribution is 2.52. The van der Waals surface area contributed by atoms with Crippen LogP contribution in [-0.2, 0) is 9.59 Å². The average Bonchev–Trinajstić information content (AvgIpc) is 3.31. The Labute approximate surface area is 205 Å². The zero-order valence-corrected chi connectivity index (χ0v) is 20.7. The molecule has 1 aromatic rings. The molecule has 3 heterocycles. The summed E-state index contributed by atoms with van der Waals surface area (Å²) in [6.45, 7) is 5.18. The lowest BCUT2D eigenvalue weighted by Crippen LogP contribution is -2.63. The number of amides is 1. The predicted octanol–water partition coefficient (Wildman–Crippen LogP) is 2.63. The first kappa shape index (κ1) is 25.8. The minimum Gasteiger partial charge on any atom is -0.477 e. The third-order valence-electron chi connectivity index (χ3n) is 6.67. The second-order valence-electron chi connectivity index (χ2n) is 8.84. The highest BCUT2D eigenvalue weighted by atomic mass is 35.5. The molecular weight excluding hydrogens is 462 g/mol. The van der Waals surface area contributed by atoms with Crippen molar-refractivity contribution < 1.29 is 19.8 Å². The third-order valence-corrected chi connectivity index (χ3v) is 8.18. The Morgan fingerprint density at radius 2 is 2.06 bits per heavy atom. The number of fused-ring (bicyclic) bond motifs is 1. The maximum absolute atomic E-state index is 12.5. The van der Waals surface area contributed by atoms with Gasteiger partial charge in [0.2, 0.25) is 5.91 Å². The van der Waals surface area contributed by atoms with Gasteiger partial charge in [-0.3, -0.25) is 4.79 Å². The van der Waals surface area contributed by atoms with E-state index in [0.29, 0.717) is 0 Å². The van der Waals surface area contributed by atoms with E-state index in [9.17, 15) is 19.8 Å². The Hall–Kier alpha value is -1.84. The number of hydrogen-bond donors (Lipinski definition) is 4. The Bertz CT molecular complexity index is 950. The molecule has 2 saturated heterocycles. The summed E-state index contributed by atoms with van der Waals surface area (Å²) >= 11 is 1.58. The second-order valence-corrected chi connectivity index (χ2v) is 10.2. The Morgan fingerprint density at radius 1 is 1.36 bits per heavy atom. The molecule has 0 spiro atoms. The number of hydrogen-bond acceptors (Lipinski definition) is 6. The highest BCUT2D eigenvalue weighted by Gasteiger charge is 2.60. The van der Waals surface area contributed by atoms with Gasteiger partial charge in [-0.05, 0) is 31.5 Å². The third kappa shape index (κ3) is 4.86. The van der Waals surface area contributed by atoms with Crippen LogP contribution in [0.25, 0.3) is 6.08 Å². The molecule has 9 heteroatoms. The number of carbonyl (C=O) groups excluding carboxylic acids is 1. The van der Waals surface area contributed by atoms with Crippen molar-refractivity contribution >= 4 is 42.1 Å². The monoisotopic (exact) mass is 493 g/mol. The van der Waals surface area contributed by atoms with Crippen LogP contribution >= 0.6 is 24.2 Å². The number of β-lactam (4-membered cyclic amide) rings is 1. The van der Waals surface area contributed by atoms with E-state index in [1.54, 1.807) is 18.7 Å². The lowest BCUT2D eigenvalue weighted by atomic mass is 9.79. The van der Waals surface area contributed by atoms with Crippen molar-refractivity contribution in [1.82, 2.24) is 15.5 Å². The van der Waals surface area contributed by atoms with Crippen LogP contribution in [0.15, 0.2) is 40.9 Å². The molecule has 0 saturated carbocycles. The molecule has 1 amide bonds. The summed E-state index contributed by atoms with van der Waals surface area (Å²) in [5.74, 6) is -1.96. The molecule has 33 heavy (non-hydrogen) atoms. The van der Waals surface area contributed by atoms with Crippen molar-refractivity contribution in [2.45, 2.75) is 43.7 Å². The van der Waals surface area contributed by atoms with Crippen LogP contribution < -0.4 is 10.6 Å². The second kappa shape index (κ2) is 10.6. The summed E-state index contributed by atoms with van der Waals surface area (Å²) < 4.78 is 0. The SMILES string of the molecule is CNC/C=C/c1ccc([C@H]2C[C@H](SC3=C(C(=O)O)N4C(=O)[C@H]([C@@H](C)O)[C@H]4[C@H]3C)CN2)cc1.Cl. The van der Waals surface area contributed by atoms with Gasteiger partial charge in [-0.1, -0.05) is 43.3 Å². The number of carbonyl (C=O) groups is 2. The van der Waals surface area contributed by atoms with E-state index in [-0.39, 0.29) is 47.3 Å². The van der Waals surface area contributed by atoms with Crippen LogP contribution in [0.3, 0.4) is 0 Å². The molecular formula is C24H32ClN3O4S. The van der Waals surface area contributed by atoms with E-state index in [1.165, 1.54) is 10.5 Å². The molecule has 6 atom stereocenters. The van der Waals surface area contributed by atoms with E-state index < -0.39 is 18.0 Å². The van der Waals surface area contributed by atoms with E-state index >= 15 is 0 Å². The highest BCUT2D eigenvalue weighted by molar-refractivity contribution is 8.03. The Kier molecular flexibility index (Phi) is 8.29. The number of carboxylic acid groups (broad SMARTS) is 1. The first-order chi connectivity index (χ1) is 15.3. The molecule has 2 fully saturated rings. The van der Waals surface area contributed by atoms with Gasteiger partial charge in [0.15, 0.2) is 0 Å². The summed E-state index contributed by atoms with van der Waals surface area (Å²) in [4.78, 5) is 26.7. The molecule has 0 bridgehead atoms. The van der Waals surface area contributed by atoms with Gasteiger partial charge in [-0.25, -0.2) is 4.79 Å². The maximum atomic E-state index is 12.5. The van der Waals surface area contributed by atoms with Gasteiger partial charge in [-0.2, -0.15) is 0 Å². The fraction of sp³-hybridized carbons (Fsp3) is 0.500. The minimum atomic E-state index is -1.07. The van der Waals surface area contributed by atoms with Crippen LogP contribution in [0.5, 0.6) is 0 Å². The molecule has 180 valence electrons. The fourth-order valence-corrected chi connectivity index (χ4v) is 6.54. The van der Waals surface area contributed by atoms with Gasteiger partial charge in [-0.15, -0.1) is 24.2 Å². The number of rotatable bonds is 8. The normalized spacial score (nSPS) is 29.8. The Morgan fingerprint density at radius 3 is 2.67 bits per heavy atom. The first-order valence-electron chi connectivity index (χ1n) is 11.1. The number of aliphatic hydroxyl groups excluding tert-OH is 1. The Balaban J connectivity index is 0.00000306. The van der Waals surface area contributed by atoms with Crippen LogP contribution in [0.1, 0.15) is 37.4 Å². The smallest absolute Gasteiger partial charge is 0.353 e. The molecule has 1 aromatic carbocycles. The van der Waals surface area contributed by atoms with Crippen LogP contribution in [0.4, 0.5) is 0 Å². The van der Waals surface area contributed by atoms with Crippen LogP contribution in [0, 0.1) is 11.8 Å². The summed E-state index contributed by atoms with van der Waals surface area (Å²) in [5, 5.41) is 26.7. The topological polar surface area (TPSA) is 102 Å². The molecule has 0 aliphatic carbocycles. The first-order valence-corrected chi connectivity index (χ1v) is 12.0. The fourth-order valence-electron chi connectivity index (χ4n) is 5.06. The van der Waals surface area contributed by atoms with E-state index in [2.05, 4.69) is 47.1 Å². The maximum Gasteiger partial charge on any atom is 0.353 e. The zero-order chi connectivity index (χ0) is 23.0. The molecule has 7 nitrogen and oxygen atoms in total. The van der Waals surface area contributed by atoms with Gasteiger partial charge in [0.05, 0.1) is 18.1 Å². The van der Waals surface area contributed by atoms with Gasteiger partial charge < -0.3 is 25.7 Å². The molecule has 3 aliphatic rings.